The van der Waals surface area contributed by atoms with Crippen LogP contribution in [0.15, 0.2) is 29.2 Å². The van der Waals surface area contributed by atoms with Crippen LogP contribution in [0.25, 0.3) is 0 Å². The molecule has 0 aromatic heterocycles. The van der Waals surface area contributed by atoms with Crippen molar-refractivity contribution in [2.45, 2.75) is 23.8 Å². The Bertz CT molecular complexity index is 721. The van der Waals surface area contributed by atoms with Crippen molar-refractivity contribution in [3.8, 4) is 0 Å². The predicted octanol–water partition coefficient (Wildman–Crippen LogP) is -0.0543. The molecule has 2 heterocycles. The first-order chi connectivity index (χ1) is 11.4. The first kappa shape index (κ1) is 17.3. The number of rotatable bonds is 4. The highest BCUT2D eigenvalue weighted by Gasteiger charge is 2.47. The zero-order valence-corrected chi connectivity index (χ0v) is 14.6. The number of nitrogens with two attached hydrogens (primary N) is 1. The fraction of sp³-hybridized carbons (Fsp3) is 0.562. The highest BCUT2D eigenvalue weighted by molar-refractivity contribution is 7.89. The molecule has 8 heteroatoms. The number of primary amides is 1. The summed E-state index contributed by atoms with van der Waals surface area (Å²) in [6.45, 7) is 4.20. The van der Waals surface area contributed by atoms with Crippen LogP contribution in [0, 0.1) is 6.92 Å². The maximum atomic E-state index is 12.8. The van der Waals surface area contributed by atoms with Gasteiger partial charge in [-0.3, -0.25) is 9.69 Å². The fourth-order valence-corrected chi connectivity index (χ4v) is 5.14. The summed E-state index contributed by atoms with van der Waals surface area (Å²) in [6.07, 6.45) is 0.562. The molecule has 7 nitrogen and oxygen atoms in total. The maximum absolute atomic E-state index is 12.8. The van der Waals surface area contributed by atoms with Gasteiger partial charge in [0.25, 0.3) is 0 Å². The van der Waals surface area contributed by atoms with Crippen LogP contribution in [-0.4, -0.2) is 68.5 Å². The Balaban J connectivity index is 1.76. The lowest BCUT2D eigenvalue weighted by molar-refractivity contribution is -0.131. The van der Waals surface area contributed by atoms with E-state index in [4.69, 9.17) is 10.5 Å². The Morgan fingerprint density at radius 1 is 1.21 bits per heavy atom. The first-order valence-corrected chi connectivity index (χ1v) is 9.50. The molecule has 1 unspecified atom stereocenters. The molecule has 2 fully saturated rings. The van der Waals surface area contributed by atoms with Gasteiger partial charge in [0.05, 0.1) is 11.5 Å². The highest BCUT2D eigenvalue weighted by Crippen LogP contribution is 2.29. The summed E-state index contributed by atoms with van der Waals surface area (Å²) < 4.78 is 32.5. The number of ether oxygens (including phenoxy) is 1. The van der Waals surface area contributed by atoms with Crippen LogP contribution in [0.1, 0.15) is 12.0 Å². The average molecular weight is 353 g/mol. The molecule has 0 aliphatic carbocycles. The van der Waals surface area contributed by atoms with Crippen molar-refractivity contribution in [2.24, 2.45) is 5.73 Å². The van der Waals surface area contributed by atoms with E-state index in [1.165, 1.54) is 4.31 Å². The van der Waals surface area contributed by atoms with Gasteiger partial charge in [0.2, 0.25) is 15.9 Å². The molecule has 0 bridgehead atoms. The summed E-state index contributed by atoms with van der Waals surface area (Å²) in [5, 5.41) is 0. The second-order valence-electron chi connectivity index (χ2n) is 6.36. The normalized spacial score (nSPS) is 26.5. The minimum absolute atomic E-state index is 0.285. The number of hydrogen-bond donors (Lipinski definition) is 1. The van der Waals surface area contributed by atoms with Crippen molar-refractivity contribution in [2.75, 3.05) is 39.4 Å². The van der Waals surface area contributed by atoms with Crippen LogP contribution in [-0.2, 0) is 19.6 Å². The first-order valence-electron chi connectivity index (χ1n) is 8.06. The van der Waals surface area contributed by atoms with Crippen LogP contribution in [0.3, 0.4) is 0 Å². The topological polar surface area (TPSA) is 92.9 Å². The second kappa shape index (κ2) is 6.44. The molecule has 1 aromatic carbocycles. The van der Waals surface area contributed by atoms with Crippen LogP contribution < -0.4 is 5.73 Å². The molecule has 0 spiro atoms. The molecule has 0 radical (unpaired) electrons. The van der Waals surface area contributed by atoms with Crippen molar-refractivity contribution in [3.05, 3.63) is 29.8 Å². The van der Waals surface area contributed by atoms with E-state index in [0.717, 1.165) is 5.56 Å². The van der Waals surface area contributed by atoms with E-state index < -0.39 is 21.5 Å². The maximum Gasteiger partial charge on any atom is 0.243 e. The lowest BCUT2D eigenvalue weighted by Crippen LogP contribution is -2.63. The predicted molar refractivity (Wildman–Crippen MR) is 88.9 cm³/mol. The highest BCUT2D eigenvalue weighted by atomic mass is 32.2. The minimum Gasteiger partial charge on any atom is -0.379 e. The summed E-state index contributed by atoms with van der Waals surface area (Å²) in [5.74, 6) is -0.393. The molecular formula is C16H23N3O4S. The summed E-state index contributed by atoms with van der Waals surface area (Å²) in [7, 11) is -3.52. The number of piperazine rings is 1. The van der Waals surface area contributed by atoms with Crippen LogP contribution in [0.4, 0.5) is 0 Å². The SMILES string of the molecule is Cc1ccccc1S(=O)(=O)N1CCN(C2(C(N)=O)CCOC2)CC1. The largest absolute Gasteiger partial charge is 0.379 e. The third-order valence-electron chi connectivity index (χ3n) is 5.01. The number of nitrogens with zero attached hydrogens (tertiary/aromatic N) is 2. The molecule has 2 saturated heterocycles. The number of benzene rings is 1. The summed E-state index contributed by atoms with van der Waals surface area (Å²) in [6, 6.07) is 6.98. The van der Waals surface area contributed by atoms with Gasteiger partial charge in [0.15, 0.2) is 0 Å². The van der Waals surface area contributed by atoms with E-state index in [1.807, 2.05) is 11.0 Å². The number of carbonyl (C=O) groups is 1. The number of aryl methyl sites for hydroxylation is 1. The smallest absolute Gasteiger partial charge is 0.243 e. The van der Waals surface area contributed by atoms with Gasteiger partial charge in [0, 0.05) is 39.2 Å². The van der Waals surface area contributed by atoms with Gasteiger partial charge in [-0.1, -0.05) is 18.2 Å². The molecule has 1 atom stereocenters. The number of sulfonamides is 1. The van der Waals surface area contributed by atoms with Crippen molar-refractivity contribution in [1.29, 1.82) is 0 Å². The van der Waals surface area contributed by atoms with Crippen molar-refractivity contribution in [3.63, 3.8) is 0 Å². The van der Waals surface area contributed by atoms with E-state index in [1.54, 1.807) is 25.1 Å². The number of amides is 1. The van der Waals surface area contributed by atoms with Crippen molar-refractivity contribution < 1.29 is 17.9 Å². The lowest BCUT2D eigenvalue weighted by Gasteiger charge is -2.42. The summed E-state index contributed by atoms with van der Waals surface area (Å²) in [4.78, 5) is 14.3. The van der Waals surface area contributed by atoms with Gasteiger partial charge in [-0.15, -0.1) is 0 Å². The van der Waals surface area contributed by atoms with E-state index in [-0.39, 0.29) is 6.61 Å². The number of carbonyl (C=O) groups excluding carboxylic acids is 1. The Morgan fingerprint density at radius 3 is 2.42 bits per heavy atom. The van der Waals surface area contributed by atoms with Crippen molar-refractivity contribution >= 4 is 15.9 Å². The molecule has 24 heavy (non-hydrogen) atoms. The van der Waals surface area contributed by atoms with E-state index >= 15 is 0 Å². The zero-order chi connectivity index (χ0) is 17.4. The Kier molecular flexibility index (Phi) is 4.65. The standard InChI is InChI=1S/C16H23N3O4S/c1-13-4-2-3-5-14(13)24(21,22)19-9-7-18(8-10-19)16(15(17)20)6-11-23-12-16/h2-5H,6-12H2,1H3,(H2,17,20). The molecule has 132 valence electrons. The molecule has 2 N–H and O–H groups in total. The van der Waals surface area contributed by atoms with E-state index in [0.29, 0.717) is 44.1 Å². The minimum atomic E-state index is -3.52. The van der Waals surface area contributed by atoms with Gasteiger partial charge >= 0.3 is 0 Å². The third-order valence-corrected chi connectivity index (χ3v) is 7.07. The fourth-order valence-electron chi connectivity index (χ4n) is 3.50. The molecule has 1 aromatic rings. The zero-order valence-electron chi connectivity index (χ0n) is 13.8. The van der Waals surface area contributed by atoms with Crippen molar-refractivity contribution in [1.82, 2.24) is 9.21 Å². The molecule has 0 saturated carbocycles. The van der Waals surface area contributed by atoms with Gasteiger partial charge in [-0.05, 0) is 18.6 Å². The summed E-state index contributed by atoms with van der Waals surface area (Å²) >= 11 is 0. The average Bonchev–Trinajstić information content (AvgIpc) is 3.06. The van der Waals surface area contributed by atoms with Gasteiger partial charge < -0.3 is 10.5 Å². The Morgan fingerprint density at radius 2 is 1.88 bits per heavy atom. The van der Waals surface area contributed by atoms with Gasteiger partial charge in [0.1, 0.15) is 5.54 Å². The van der Waals surface area contributed by atoms with Crippen LogP contribution in [0.2, 0.25) is 0 Å². The molecule has 2 aliphatic heterocycles. The van der Waals surface area contributed by atoms with Crippen LogP contribution >= 0.6 is 0 Å². The number of hydrogen-bond acceptors (Lipinski definition) is 5. The van der Waals surface area contributed by atoms with Gasteiger partial charge in [-0.2, -0.15) is 4.31 Å². The second-order valence-corrected chi connectivity index (χ2v) is 8.26. The third kappa shape index (κ3) is 2.83. The lowest BCUT2D eigenvalue weighted by atomic mass is 9.94. The monoisotopic (exact) mass is 353 g/mol. The molecular weight excluding hydrogens is 330 g/mol. The van der Waals surface area contributed by atoms with E-state index in [2.05, 4.69) is 0 Å². The Hall–Kier alpha value is -1.48. The van der Waals surface area contributed by atoms with Crippen LogP contribution in [0.5, 0.6) is 0 Å². The quantitative estimate of drug-likeness (QED) is 0.819. The molecule has 2 aliphatic rings. The van der Waals surface area contributed by atoms with Gasteiger partial charge in [-0.25, -0.2) is 8.42 Å². The molecule has 1 amide bonds. The summed E-state index contributed by atoms with van der Waals surface area (Å²) in [5.41, 5.74) is 5.54. The van der Waals surface area contributed by atoms with E-state index in [9.17, 15) is 13.2 Å². The Labute approximate surface area is 142 Å². The molecule has 3 rings (SSSR count).